The minimum atomic E-state index is -3.85. The molecule has 0 bridgehead atoms. The molecule has 5 nitrogen and oxygen atoms in total. The smallest absolute Gasteiger partial charge is 0.245 e. The van der Waals surface area contributed by atoms with Gasteiger partial charge in [-0.2, -0.15) is 0 Å². The molecular weight excluding hydrogens is 242 g/mol. The van der Waals surface area contributed by atoms with Crippen molar-refractivity contribution in [1.82, 2.24) is 0 Å². The molecule has 0 aliphatic carbocycles. The van der Waals surface area contributed by atoms with Gasteiger partial charge in [-0.15, -0.1) is 0 Å². The topological polar surface area (TPSA) is 78.6 Å². The molecule has 2 rings (SSSR count). The fourth-order valence-corrected chi connectivity index (χ4v) is 2.87. The first-order chi connectivity index (χ1) is 7.93. The van der Waals surface area contributed by atoms with Crippen molar-refractivity contribution < 1.29 is 17.9 Å². The zero-order valence-corrected chi connectivity index (χ0v) is 10.6. The fraction of sp³-hybridized carbons (Fsp3) is 0.455. The summed E-state index contributed by atoms with van der Waals surface area (Å²) in [6.45, 7) is 2.53. The lowest BCUT2D eigenvalue weighted by Gasteiger charge is -2.25. The number of ether oxygens (including phenoxy) is 2. The average molecular weight is 257 g/mol. The van der Waals surface area contributed by atoms with Gasteiger partial charge in [0.1, 0.15) is 11.5 Å². The average Bonchev–Trinajstić information content (AvgIpc) is 2.25. The maximum atomic E-state index is 11.6. The van der Waals surface area contributed by atoms with Crippen LogP contribution in [0.15, 0.2) is 17.0 Å². The maximum absolute atomic E-state index is 11.6. The molecule has 6 heteroatoms. The van der Waals surface area contributed by atoms with Crippen molar-refractivity contribution in [2.45, 2.75) is 18.2 Å². The Kier molecular flexibility index (Phi) is 3.01. The molecule has 1 heterocycles. The van der Waals surface area contributed by atoms with Gasteiger partial charge in [0.05, 0.1) is 13.7 Å². The van der Waals surface area contributed by atoms with Gasteiger partial charge in [0, 0.05) is 0 Å². The number of hydrogen-bond donors (Lipinski definition) is 1. The first-order valence-corrected chi connectivity index (χ1v) is 6.83. The highest BCUT2D eigenvalue weighted by Gasteiger charge is 2.28. The van der Waals surface area contributed by atoms with Crippen LogP contribution in [0, 0.1) is 5.92 Å². The summed E-state index contributed by atoms with van der Waals surface area (Å²) in [7, 11) is -2.45. The van der Waals surface area contributed by atoms with Crippen LogP contribution in [-0.2, 0) is 16.4 Å². The second-order valence-electron chi connectivity index (χ2n) is 4.25. The van der Waals surface area contributed by atoms with Gasteiger partial charge in [-0.25, -0.2) is 13.6 Å². The SMILES string of the molecule is COc1ccc2c(c1S(N)(=O)=O)OCC(C)C2. The predicted octanol–water partition coefficient (Wildman–Crippen LogP) is 0.914. The molecule has 17 heavy (non-hydrogen) atoms. The van der Waals surface area contributed by atoms with E-state index in [1.165, 1.54) is 7.11 Å². The van der Waals surface area contributed by atoms with Crippen molar-refractivity contribution in [3.63, 3.8) is 0 Å². The second kappa shape index (κ2) is 4.19. The lowest BCUT2D eigenvalue weighted by atomic mass is 9.98. The number of benzene rings is 1. The van der Waals surface area contributed by atoms with Crippen molar-refractivity contribution in [3.8, 4) is 11.5 Å². The molecule has 1 aromatic carbocycles. The van der Waals surface area contributed by atoms with Crippen molar-refractivity contribution in [1.29, 1.82) is 0 Å². The van der Waals surface area contributed by atoms with Crippen LogP contribution in [0.25, 0.3) is 0 Å². The number of primary sulfonamides is 1. The van der Waals surface area contributed by atoms with Gasteiger partial charge in [-0.1, -0.05) is 13.0 Å². The highest BCUT2D eigenvalue weighted by atomic mass is 32.2. The predicted molar refractivity (Wildman–Crippen MR) is 62.7 cm³/mol. The summed E-state index contributed by atoms with van der Waals surface area (Å²) in [5, 5.41) is 5.20. The molecule has 0 fully saturated rings. The Balaban J connectivity index is 2.66. The Morgan fingerprint density at radius 2 is 2.18 bits per heavy atom. The normalized spacial score (nSPS) is 19.4. The number of sulfonamides is 1. The molecule has 0 saturated heterocycles. The maximum Gasteiger partial charge on any atom is 0.245 e. The summed E-state index contributed by atoms with van der Waals surface area (Å²) in [6, 6.07) is 3.43. The molecule has 0 amide bonds. The van der Waals surface area contributed by atoms with Crippen LogP contribution in [0.3, 0.4) is 0 Å². The van der Waals surface area contributed by atoms with E-state index < -0.39 is 10.0 Å². The van der Waals surface area contributed by atoms with E-state index in [4.69, 9.17) is 14.6 Å². The van der Waals surface area contributed by atoms with E-state index in [2.05, 4.69) is 0 Å². The molecule has 0 spiro atoms. The first-order valence-electron chi connectivity index (χ1n) is 5.29. The first kappa shape index (κ1) is 12.2. The third kappa shape index (κ3) is 2.23. The van der Waals surface area contributed by atoms with Gasteiger partial charge in [0.2, 0.25) is 10.0 Å². The van der Waals surface area contributed by atoms with Gasteiger partial charge in [-0.05, 0) is 24.0 Å². The lowest BCUT2D eigenvalue weighted by molar-refractivity contribution is 0.225. The quantitative estimate of drug-likeness (QED) is 0.854. The van der Waals surface area contributed by atoms with E-state index in [0.29, 0.717) is 18.3 Å². The van der Waals surface area contributed by atoms with Crippen LogP contribution in [0.1, 0.15) is 12.5 Å². The number of rotatable bonds is 2. The van der Waals surface area contributed by atoms with E-state index in [1.807, 2.05) is 13.0 Å². The van der Waals surface area contributed by atoms with Gasteiger partial charge < -0.3 is 9.47 Å². The molecule has 0 radical (unpaired) electrons. The van der Waals surface area contributed by atoms with Gasteiger partial charge in [-0.3, -0.25) is 0 Å². The minimum Gasteiger partial charge on any atom is -0.495 e. The lowest BCUT2D eigenvalue weighted by Crippen LogP contribution is -2.22. The van der Waals surface area contributed by atoms with Crippen LogP contribution < -0.4 is 14.6 Å². The monoisotopic (exact) mass is 257 g/mol. The summed E-state index contributed by atoms with van der Waals surface area (Å²) in [6.07, 6.45) is 0.780. The number of nitrogens with two attached hydrogens (primary N) is 1. The zero-order chi connectivity index (χ0) is 12.6. The summed E-state index contributed by atoms with van der Waals surface area (Å²) >= 11 is 0. The summed E-state index contributed by atoms with van der Waals surface area (Å²) < 4.78 is 33.7. The molecule has 1 aliphatic rings. The van der Waals surface area contributed by atoms with Crippen LogP contribution in [-0.4, -0.2) is 22.1 Å². The third-order valence-electron chi connectivity index (χ3n) is 2.74. The largest absolute Gasteiger partial charge is 0.495 e. The Hall–Kier alpha value is -1.27. The van der Waals surface area contributed by atoms with Crippen LogP contribution in [0.5, 0.6) is 11.5 Å². The van der Waals surface area contributed by atoms with E-state index in [-0.39, 0.29) is 10.6 Å². The van der Waals surface area contributed by atoms with Crippen LogP contribution in [0.2, 0.25) is 0 Å². The fourth-order valence-electron chi connectivity index (χ4n) is 1.99. The van der Waals surface area contributed by atoms with Crippen molar-refractivity contribution in [2.75, 3.05) is 13.7 Å². The molecular formula is C11H15NO4S. The highest BCUT2D eigenvalue weighted by Crippen LogP contribution is 2.39. The second-order valence-corrected chi connectivity index (χ2v) is 5.75. The van der Waals surface area contributed by atoms with E-state index in [1.54, 1.807) is 6.07 Å². The van der Waals surface area contributed by atoms with E-state index in [9.17, 15) is 8.42 Å². The van der Waals surface area contributed by atoms with Gasteiger partial charge in [0.25, 0.3) is 0 Å². The number of fused-ring (bicyclic) bond motifs is 1. The van der Waals surface area contributed by atoms with Crippen molar-refractivity contribution >= 4 is 10.0 Å². The van der Waals surface area contributed by atoms with E-state index >= 15 is 0 Å². The standard InChI is InChI=1S/C11H15NO4S/c1-7-5-8-3-4-9(15-2)11(17(12,13)14)10(8)16-6-7/h3-4,7H,5-6H2,1-2H3,(H2,12,13,14). The summed E-state index contributed by atoms with van der Waals surface area (Å²) in [4.78, 5) is -0.0515. The zero-order valence-electron chi connectivity index (χ0n) is 9.76. The molecule has 0 saturated carbocycles. The molecule has 2 N–H and O–H groups in total. The molecule has 0 aromatic heterocycles. The Labute approximate surface area is 101 Å². The van der Waals surface area contributed by atoms with Crippen molar-refractivity contribution in [3.05, 3.63) is 17.7 Å². The number of hydrogen-bond acceptors (Lipinski definition) is 4. The molecule has 1 aromatic rings. The number of methoxy groups -OCH3 is 1. The Morgan fingerprint density at radius 3 is 2.76 bits per heavy atom. The molecule has 1 unspecified atom stereocenters. The molecule has 1 aliphatic heterocycles. The van der Waals surface area contributed by atoms with Crippen LogP contribution >= 0.6 is 0 Å². The van der Waals surface area contributed by atoms with E-state index in [0.717, 1.165) is 12.0 Å². The molecule has 1 atom stereocenters. The van der Waals surface area contributed by atoms with Gasteiger partial charge in [0.15, 0.2) is 4.90 Å². The summed E-state index contributed by atoms with van der Waals surface area (Å²) in [5.74, 6) is 0.926. The van der Waals surface area contributed by atoms with Crippen molar-refractivity contribution in [2.24, 2.45) is 11.1 Å². The Morgan fingerprint density at radius 1 is 1.47 bits per heavy atom. The highest BCUT2D eigenvalue weighted by molar-refractivity contribution is 7.89. The Bertz CT molecular complexity index is 539. The van der Waals surface area contributed by atoms with Crippen LogP contribution in [0.4, 0.5) is 0 Å². The van der Waals surface area contributed by atoms with Gasteiger partial charge >= 0.3 is 0 Å². The third-order valence-corrected chi connectivity index (χ3v) is 3.70. The minimum absolute atomic E-state index is 0.0515. The molecule has 94 valence electrons. The summed E-state index contributed by atoms with van der Waals surface area (Å²) in [5.41, 5.74) is 0.855.